The molecule has 0 aliphatic rings. The van der Waals surface area contributed by atoms with E-state index in [4.69, 9.17) is 10.5 Å². The van der Waals surface area contributed by atoms with Gasteiger partial charge in [0.15, 0.2) is 0 Å². The van der Waals surface area contributed by atoms with Gasteiger partial charge in [-0.05, 0) is 26.0 Å². The first-order chi connectivity index (χ1) is 8.62. The SMILES string of the molecule is CCNC(=O)CN(CC)c1cc(OC)ccc1N. The summed E-state index contributed by atoms with van der Waals surface area (Å²) >= 11 is 0. The molecule has 0 saturated heterocycles. The Morgan fingerprint density at radius 2 is 2.17 bits per heavy atom. The Morgan fingerprint density at radius 1 is 1.44 bits per heavy atom. The highest BCUT2D eigenvalue weighted by Gasteiger charge is 2.12. The highest BCUT2D eigenvalue weighted by Crippen LogP contribution is 2.27. The number of rotatable bonds is 6. The highest BCUT2D eigenvalue weighted by atomic mass is 16.5. The van der Waals surface area contributed by atoms with Crippen molar-refractivity contribution in [3.05, 3.63) is 18.2 Å². The molecule has 1 amide bonds. The number of ether oxygens (including phenoxy) is 1. The summed E-state index contributed by atoms with van der Waals surface area (Å²) in [7, 11) is 1.61. The first-order valence-corrected chi connectivity index (χ1v) is 6.07. The van der Waals surface area contributed by atoms with Gasteiger partial charge in [-0.3, -0.25) is 4.79 Å². The molecule has 3 N–H and O–H groups in total. The van der Waals surface area contributed by atoms with Gasteiger partial charge in [0.25, 0.3) is 0 Å². The number of carbonyl (C=O) groups excluding carboxylic acids is 1. The summed E-state index contributed by atoms with van der Waals surface area (Å²) in [4.78, 5) is 13.5. The van der Waals surface area contributed by atoms with E-state index in [-0.39, 0.29) is 5.91 Å². The van der Waals surface area contributed by atoms with E-state index >= 15 is 0 Å². The van der Waals surface area contributed by atoms with E-state index in [0.29, 0.717) is 25.3 Å². The first kappa shape index (κ1) is 14.2. The number of nitrogen functional groups attached to an aromatic ring is 1. The van der Waals surface area contributed by atoms with Crippen LogP contribution in [0.3, 0.4) is 0 Å². The number of hydrogen-bond donors (Lipinski definition) is 2. The van der Waals surface area contributed by atoms with Crippen LogP contribution in [0.15, 0.2) is 18.2 Å². The molecule has 0 heterocycles. The molecule has 0 saturated carbocycles. The van der Waals surface area contributed by atoms with Crippen LogP contribution in [-0.4, -0.2) is 32.7 Å². The Morgan fingerprint density at radius 3 is 2.72 bits per heavy atom. The lowest BCUT2D eigenvalue weighted by Gasteiger charge is -2.24. The summed E-state index contributed by atoms with van der Waals surface area (Å²) in [6, 6.07) is 5.44. The molecule has 1 aromatic carbocycles. The lowest BCUT2D eigenvalue weighted by molar-refractivity contribution is -0.119. The molecule has 0 unspecified atom stereocenters. The summed E-state index contributed by atoms with van der Waals surface area (Å²) in [6.07, 6.45) is 0. The molecular weight excluding hydrogens is 230 g/mol. The van der Waals surface area contributed by atoms with E-state index in [1.807, 2.05) is 24.8 Å². The van der Waals surface area contributed by atoms with Crippen molar-refractivity contribution in [3.63, 3.8) is 0 Å². The molecule has 0 fully saturated rings. The van der Waals surface area contributed by atoms with E-state index < -0.39 is 0 Å². The van der Waals surface area contributed by atoms with E-state index in [0.717, 1.165) is 11.4 Å². The molecule has 5 heteroatoms. The van der Waals surface area contributed by atoms with Crippen molar-refractivity contribution in [1.29, 1.82) is 0 Å². The predicted octanol–water partition coefficient (Wildman–Crippen LogP) is 1.24. The second-order valence-corrected chi connectivity index (χ2v) is 3.89. The highest BCUT2D eigenvalue weighted by molar-refractivity contribution is 5.83. The van der Waals surface area contributed by atoms with E-state index in [9.17, 15) is 4.79 Å². The van der Waals surface area contributed by atoms with Crippen LogP contribution in [0.25, 0.3) is 0 Å². The van der Waals surface area contributed by atoms with Crippen LogP contribution < -0.4 is 20.7 Å². The minimum atomic E-state index is -0.0124. The van der Waals surface area contributed by atoms with Crippen LogP contribution in [-0.2, 0) is 4.79 Å². The number of benzene rings is 1. The van der Waals surface area contributed by atoms with E-state index in [2.05, 4.69) is 5.32 Å². The van der Waals surface area contributed by atoms with Crippen LogP contribution in [0, 0.1) is 0 Å². The number of nitrogens with one attached hydrogen (secondary N) is 1. The minimum absolute atomic E-state index is 0.0124. The lowest BCUT2D eigenvalue weighted by atomic mass is 10.2. The molecule has 1 aromatic rings. The second-order valence-electron chi connectivity index (χ2n) is 3.89. The van der Waals surface area contributed by atoms with Crippen molar-refractivity contribution in [3.8, 4) is 5.75 Å². The summed E-state index contributed by atoms with van der Waals surface area (Å²) in [5, 5.41) is 2.78. The predicted molar refractivity (Wildman–Crippen MR) is 74.0 cm³/mol. The molecule has 0 radical (unpaired) electrons. The van der Waals surface area contributed by atoms with Gasteiger partial charge in [-0.2, -0.15) is 0 Å². The Hall–Kier alpha value is -1.91. The van der Waals surface area contributed by atoms with Crippen LogP contribution in [0.2, 0.25) is 0 Å². The number of methoxy groups -OCH3 is 1. The third kappa shape index (κ3) is 3.55. The molecule has 0 aliphatic carbocycles. The fourth-order valence-electron chi connectivity index (χ4n) is 1.72. The summed E-state index contributed by atoms with van der Waals surface area (Å²) < 4.78 is 5.17. The largest absolute Gasteiger partial charge is 0.497 e. The smallest absolute Gasteiger partial charge is 0.239 e. The molecule has 100 valence electrons. The van der Waals surface area contributed by atoms with Crippen molar-refractivity contribution in [1.82, 2.24) is 5.32 Å². The van der Waals surface area contributed by atoms with Crippen LogP contribution in [0.5, 0.6) is 5.75 Å². The Bertz CT molecular complexity index is 407. The number of hydrogen-bond acceptors (Lipinski definition) is 4. The summed E-state index contributed by atoms with van der Waals surface area (Å²) in [5.74, 6) is 0.718. The van der Waals surface area contributed by atoms with Gasteiger partial charge in [0.1, 0.15) is 5.75 Å². The quantitative estimate of drug-likeness (QED) is 0.746. The molecule has 1 rings (SSSR count). The monoisotopic (exact) mass is 251 g/mol. The third-order valence-electron chi connectivity index (χ3n) is 2.67. The van der Waals surface area contributed by atoms with Gasteiger partial charge in [0.05, 0.1) is 25.0 Å². The van der Waals surface area contributed by atoms with Crippen molar-refractivity contribution in [2.75, 3.05) is 37.4 Å². The maximum Gasteiger partial charge on any atom is 0.239 e. The third-order valence-corrected chi connectivity index (χ3v) is 2.67. The molecule has 5 nitrogen and oxygen atoms in total. The molecule has 0 aliphatic heterocycles. The Labute approximate surface area is 108 Å². The molecule has 18 heavy (non-hydrogen) atoms. The minimum Gasteiger partial charge on any atom is -0.497 e. The van der Waals surface area contributed by atoms with Crippen LogP contribution >= 0.6 is 0 Å². The fourth-order valence-corrected chi connectivity index (χ4v) is 1.72. The molecule has 0 aromatic heterocycles. The molecule has 0 atom stereocenters. The average Bonchev–Trinajstić information content (AvgIpc) is 2.37. The average molecular weight is 251 g/mol. The zero-order valence-electron chi connectivity index (χ0n) is 11.2. The van der Waals surface area contributed by atoms with E-state index in [1.54, 1.807) is 19.2 Å². The zero-order valence-corrected chi connectivity index (χ0v) is 11.2. The Balaban J connectivity index is 2.90. The number of nitrogens with zero attached hydrogens (tertiary/aromatic N) is 1. The van der Waals surface area contributed by atoms with E-state index in [1.165, 1.54) is 0 Å². The molecule has 0 spiro atoms. The maximum atomic E-state index is 11.6. The van der Waals surface area contributed by atoms with Gasteiger partial charge in [-0.25, -0.2) is 0 Å². The Kier molecular flexibility index (Phi) is 5.30. The maximum absolute atomic E-state index is 11.6. The number of carbonyl (C=O) groups is 1. The number of nitrogens with two attached hydrogens (primary N) is 1. The van der Waals surface area contributed by atoms with Gasteiger partial charge in [0.2, 0.25) is 5.91 Å². The number of likely N-dealkylation sites (N-methyl/N-ethyl adjacent to an activating group) is 2. The van der Waals surface area contributed by atoms with Crippen LogP contribution in [0.1, 0.15) is 13.8 Å². The van der Waals surface area contributed by atoms with Crippen molar-refractivity contribution in [2.24, 2.45) is 0 Å². The van der Waals surface area contributed by atoms with Gasteiger partial charge >= 0.3 is 0 Å². The second kappa shape index (κ2) is 6.74. The van der Waals surface area contributed by atoms with Crippen molar-refractivity contribution >= 4 is 17.3 Å². The summed E-state index contributed by atoms with van der Waals surface area (Å²) in [5.41, 5.74) is 7.40. The topological polar surface area (TPSA) is 67.6 Å². The van der Waals surface area contributed by atoms with Gasteiger partial charge in [-0.15, -0.1) is 0 Å². The number of anilines is 2. The normalized spacial score (nSPS) is 9.94. The zero-order chi connectivity index (χ0) is 13.5. The molecule has 0 bridgehead atoms. The van der Waals surface area contributed by atoms with Gasteiger partial charge in [0, 0.05) is 19.2 Å². The van der Waals surface area contributed by atoms with Gasteiger partial charge in [-0.1, -0.05) is 0 Å². The van der Waals surface area contributed by atoms with Crippen LogP contribution in [0.4, 0.5) is 11.4 Å². The van der Waals surface area contributed by atoms with Crippen molar-refractivity contribution < 1.29 is 9.53 Å². The standard InChI is InChI=1S/C13H21N3O2/c1-4-15-13(17)9-16(5-2)12-8-10(18-3)6-7-11(12)14/h6-8H,4-5,9,14H2,1-3H3,(H,15,17). The lowest BCUT2D eigenvalue weighted by Crippen LogP contribution is -2.37. The summed E-state index contributed by atoms with van der Waals surface area (Å²) in [6.45, 7) is 5.51. The number of amides is 1. The van der Waals surface area contributed by atoms with Crippen molar-refractivity contribution in [2.45, 2.75) is 13.8 Å². The fraction of sp³-hybridized carbons (Fsp3) is 0.462. The first-order valence-electron chi connectivity index (χ1n) is 6.07. The molecular formula is C13H21N3O2. The van der Waals surface area contributed by atoms with Gasteiger partial charge < -0.3 is 20.7 Å².